The number of hydrogen-bond acceptors (Lipinski definition) is 4. The molecule has 1 N–H and O–H groups in total. The molecular formula is C20H30N2O4. The van der Waals surface area contributed by atoms with Crippen molar-refractivity contribution in [2.24, 2.45) is 0 Å². The quantitative estimate of drug-likeness (QED) is 0.756. The van der Waals surface area contributed by atoms with Crippen LogP contribution in [0.15, 0.2) is 18.2 Å². The van der Waals surface area contributed by atoms with Crippen molar-refractivity contribution in [3.05, 3.63) is 18.2 Å². The van der Waals surface area contributed by atoms with Gasteiger partial charge in [-0.05, 0) is 25.0 Å². The number of amides is 2. The second kappa shape index (κ2) is 10.0. The summed E-state index contributed by atoms with van der Waals surface area (Å²) in [6.45, 7) is 1.81. The van der Waals surface area contributed by atoms with E-state index in [1.165, 1.54) is 32.6 Å². The fourth-order valence-corrected chi connectivity index (χ4v) is 3.39. The number of hydrogen-bond donors (Lipinski definition) is 1. The molecular weight excluding hydrogens is 332 g/mol. The maximum atomic E-state index is 12.3. The fraction of sp³-hybridized carbons (Fsp3) is 0.600. The van der Waals surface area contributed by atoms with Gasteiger partial charge >= 0.3 is 0 Å². The SMILES string of the molecule is COc1ccc(N(CCC(=O)NC2CCCCCC2)C(C)=O)c(OC)c1. The molecule has 1 aromatic rings. The summed E-state index contributed by atoms with van der Waals surface area (Å²) in [5.74, 6) is 1.07. The molecule has 0 aliphatic heterocycles. The van der Waals surface area contributed by atoms with E-state index in [2.05, 4.69) is 5.32 Å². The van der Waals surface area contributed by atoms with Crippen molar-refractivity contribution in [1.82, 2.24) is 5.32 Å². The monoisotopic (exact) mass is 362 g/mol. The molecule has 1 aromatic carbocycles. The predicted octanol–water partition coefficient (Wildman–Crippen LogP) is 3.29. The molecule has 0 atom stereocenters. The van der Waals surface area contributed by atoms with E-state index in [1.807, 2.05) is 0 Å². The van der Waals surface area contributed by atoms with Gasteiger partial charge in [0.05, 0.1) is 19.9 Å². The third-order valence-electron chi connectivity index (χ3n) is 4.84. The Labute approximate surface area is 155 Å². The van der Waals surface area contributed by atoms with Gasteiger partial charge in [0.25, 0.3) is 0 Å². The van der Waals surface area contributed by atoms with E-state index >= 15 is 0 Å². The van der Waals surface area contributed by atoms with Crippen LogP contribution < -0.4 is 19.7 Å². The minimum absolute atomic E-state index is 0.00405. The Morgan fingerprint density at radius 2 is 1.81 bits per heavy atom. The van der Waals surface area contributed by atoms with E-state index in [0.29, 0.717) is 23.7 Å². The molecule has 26 heavy (non-hydrogen) atoms. The zero-order valence-corrected chi connectivity index (χ0v) is 16.0. The van der Waals surface area contributed by atoms with Gasteiger partial charge in [-0.3, -0.25) is 9.59 Å². The minimum atomic E-state index is -0.129. The van der Waals surface area contributed by atoms with E-state index in [0.717, 1.165) is 12.8 Å². The molecule has 6 heteroatoms. The Morgan fingerprint density at radius 3 is 2.38 bits per heavy atom. The van der Waals surface area contributed by atoms with Crippen LogP contribution in [0.2, 0.25) is 0 Å². The number of anilines is 1. The van der Waals surface area contributed by atoms with Crippen molar-refractivity contribution >= 4 is 17.5 Å². The molecule has 0 aromatic heterocycles. The van der Waals surface area contributed by atoms with Gasteiger partial charge in [0, 0.05) is 32.0 Å². The second-order valence-electron chi connectivity index (χ2n) is 6.71. The number of methoxy groups -OCH3 is 2. The molecule has 0 radical (unpaired) electrons. The molecule has 0 heterocycles. The van der Waals surface area contributed by atoms with Gasteiger partial charge in [0.2, 0.25) is 11.8 Å². The highest BCUT2D eigenvalue weighted by molar-refractivity contribution is 5.94. The third kappa shape index (κ3) is 5.64. The van der Waals surface area contributed by atoms with Gasteiger partial charge in [-0.15, -0.1) is 0 Å². The second-order valence-corrected chi connectivity index (χ2v) is 6.71. The molecule has 1 fully saturated rings. The van der Waals surface area contributed by atoms with Crippen molar-refractivity contribution in [3.8, 4) is 11.5 Å². The molecule has 1 saturated carbocycles. The number of nitrogens with zero attached hydrogens (tertiary/aromatic N) is 1. The molecule has 1 aliphatic carbocycles. The van der Waals surface area contributed by atoms with Crippen LogP contribution in [0.25, 0.3) is 0 Å². The Morgan fingerprint density at radius 1 is 1.12 bits per heavy atom. The summed E-state index contributed by atoms with van der Waals surface area (Å²) in [5, 5.41) is 3.12. The minimum Gasteiger partial charge on any atom is -0.497 e. The highest BCUT2D eigenvalue weighted by Crippen LogP contribution is 2.32. The summed E-state index contributed by atoms with van der Waals surface area (Å²) in [7, 11) is 3.13. The van der Waals surface area contributed by atoms with Crippen molar-refractivity contribution in [2.75, 3.05) is 25.7 Å². The van der Waals surface area contributed by atoms with Gasteiger partial charge in [0.1, 0.15) is 11.5 Å². The van der Waals surface area contributed by atoms with Gasteiger partial charge in [0.15, 0.2) is 0 Å². The van der Waals surface area contributed by atoms with Crippen LogP contribution in [0.1, 0.15) is 51.9 Å². The Kier molecular flexibility index (Phi) is 7.75. The lowest BCUT2D eigenvalue weighted by Crippen LogP contribution is -2.38. The summed E-state index contributed by atoms with van der Waals surface area (Å²) >= 11 is 0. The Hall–Kier alpha value is -2.24. The summed E-state index contributed by atoms with van der Waals surface area (Å²) < 4.78 is 10.6. The smallest absolute Gasteiger partial charge is 0.223 e. The van der Waals surface area contributed by atoms with E-state index in [9.17, 15) is 9.59 Å². The molecule has 6 nitrogen and oxygen atoms in total. The van der Waals surface area contributed by atoms with Crippen LogP contribution in [0.4, 0.5) is 5.69 Å². The standard InChI is InChI=1S/C20H30N2O4/c1-15(23)22(18-11-10-17(25-2)14-19(18)26-3)13-12-20(24)21-16-8-6-4-5-7-9-16/h10-11,14,16H,4-9,12-13H2,1-3H3,(H,21,24). The number of ether oxygens (including phenoxy) is 2. The number of carbonyl (C=O) groups is 2. The lowest BCUT2D eigenvalue weighted by Gasteiger charge is -2.24. The van der Waals surface area contributed by atoms with Gasteiger partial charge in [-0.25, -0.2) is 0 Å². The number of benzene rings is 1. The van der Waals surface area contributed by atoms with E-state index in [1.54, 1.807) is 37.3 Å². The van der Waals surface area contributed by atoms with Crippen molar-refractivity contribution in [1.29, 1.82) is 0 Å². The first-order valence-corrected chi connectivity index (χ1v) is 9.34. The first kappa shape index (κ1) is 20.1. The van der Waals surface area contributed by atoms with E-state index in [4.69, 9.17) is 9.47 Å². The molecule has 144 valence electrons. The van der Waals surface area contributed by atoms with Crippen LogP contribution >= 0.6 is 0 Å². The third-order valence-corrected chi connectivity index (χ3v) is 4.84. The van der Waals surface area contributed by atoms with Crippen molar-refractivity contribution in [2.45, 2.75) is 57.9 Å². The maximum absolute atomic E-state index is 12.3. The first-order valence-electron chi connectivity index (χ1n) is 9.34. The van der Waals surface area contributed by atoms with Crippen LogP contribution in [0.5, 0.6) is 11.5 Å². The molecule has 0 spiro atoms. The normalized spacial score (nSPS) is 15.0. The largest absolute Gasteiger partial charge is 0.497 e. The summed E-state index contributed by atoms with van der Waals surface area (Å²) in [5.41, 5.74) is 0.642. The predicted molar refractivity (Wildman–Crippen MR) is 102 cm³/mol. The van der Waals surface area contributed by atoms with E-state index in [-0.39, 0.29) is 24.3 Å². The zero-order valence-electron chi connectivity index (χ0n) is 16.0. The fourth-order valence-electron chi connectivity index (χ4n) is 3.39. The lowest BCUT2D eigenvalue weighted by molar-refractivity contribution is -0.121. The summed E-state index contributed by atoms with van der Waals surface area (Å²) in [4.78, 5) is 26.0. The summed E-state index contributed by atoms with van der Waals surface area (Å²) in [6, 6.07) is 5.56. The number of rotatable bonds is 7. The molecule has 2 amide bonds. The number of carbonyl (C=O) groups excluding carboxylic acids is 2. The Bertz CT molecular complexity index is 610. The highest BCUT2D eigenvalue weighted by Gasteiger charge is 2.20. The number of nitrogens with one attached hydrogen (secondary N) is 1. The average Bonchev–Trinajstić information content (AvgIpc) is 2.90. The average molecular weight is 362 g/mol. The van der Waals surface area contributed by atoms with Gasteiger partial charge < -0.3 is 19.7 Å². The Balaban J connectivity index is 1.99. The van der Waals surface area contributed by atoms with Gasteiger partial charge in [-0.2, -0.15) is 0 Å². The molecule has 0 bridgehead atoms. The van der Waals surface area contributed by atoms with Gasteiger partial charge in [-0.1, -0.05) is 25.7 Å². The first-order chi connectivity index (χ1) is 12.5. The molecule has 2 rings (SSSR count). The lowest BCUT2D eigenvalue weighted by atomic mass is 10.1. The topological polar surface area (TPSA) is 67.9 Å². The zero-order chi connectivity index (χ0) is 18.9. The van der Waals surface area contributed by atoms with Crippen molar-refractivity contribution in [3.63, 3.8) is 0 Å². The summed E-state index contributed by atoms with van der Waals surface area (Å²) in [6.07, 6.45) is 7.22. The van der Waals surface area contributed by atoms with Crippen LogP contribution in [-0.2, 0) is 9.59 Å². The molecule has 1 aliphatic rings. The van der Waals surface area contributed by atoms with Crippen LogP contribution in [0.3, 0.4) is 0 Å². The maximum Gasteiger partial charge on any atom is 0.223 e. The molecule has 0 unspecified atom stereocenters. The van der Waals surface area contributed by atoms with Crippen molar-refractivity contribution < 1.29 is 19.1 Å². The van der Waals surface area contributed by atoms with Crippen LogP contribution in [0, 0.1) is 0 Å². The van der Waals surface area contributed by atoms with Crippen LogP contribution in [-0.4, -0.2) is 38.6 Å². The molecule has 0 saturated heterocycles. The highest BCUT2D eigenvalue weighted by atomic mass is 16.5. The van der Waals surface area contributed by atoms with E-state index < -0.39 is 0 Å².